The van der Waals surface area contributed by atoms with Gasteiger partial charge in [0, 0.05) is 25.6 Å². The van der Waals surface area contributed by atoms with Crippen molar-refractivity contribution in [3.8, 4) is 0 Å². The Balaban J connectivity index is 2.80. The van der Waals surface area contributed by atoms with Crippen LogP contribution in [-0.4, -0.2) is 38.4 Å². The topological polar surface area (TPSA) is 55.4 Å². The molecule has 4 heteroatoms. The van der Waals surface area contributed by atoms with E-state index in [1.807, 2.05) is 13.8 Å². The van der Waals surface area contributed by atoms with E-state index in [0.717, 1.165) is 6.54 Å². The van der Waals surface area contributed by atoms with E-state index in [1.165, 1.54) is 0 Å². The van der Waals surface area contributed by atoms with E-state index in [0.29, 0.717) is 12.9 Å². The van der Waals surface area contributed by atoms with Gasteiger partial charge in [0.15, 0.2) is 12.1 Å². The highest BCUT2D eigenvalue weighted by atomic mass is 16.5. The van der Waals surface area contributed by atoms with E-state index < -0.39 is 0 Å². The summed E-state index contributed by atoms with van der Waals surface area (Å²) >= 11 is 0. The molecule has 1 rings (SSSR count). The molecular weight excluding hydrogens is 182 g/mol. The van der Waals surface area contributed by atoms with E-state index >= 15 is 0 Å². The van der Waals surface area contributed by atoms with Gasteiger partial charge < -0.3 is 10.1 Å². The smallest absolute Gasteiger partial charge is 0.200 e. The highest BCUT2D eigenvalue weighted by Gasteiger charge is 2.45. The highest BCUT2D eigenvalue weighted by molar-refractivity contribution is 6.26. The van der Waals surface area contributed by atoms with Crippen LogP contribution in [0.15, 0.2) is 0 Å². The minimum Gasteiger partial charge on any atom is -0.383 e. The molecule has 14 heavy (non-hydrogen) atoms. The summed E-state index contributed by atoms with van der Waals surface area (Å²) in [5.74, 6) is -0.595. The number of carbonyl (C=O) groups is 2. The van der Waals surface area contributed by atoms with Gasteiger partial charge in [0.2, 0.25) is 0 Å². The number of carbonyl (C=O) groups excluding carboxylic acids is 2. The summed E-state index contributed by atoms with van der Waals surface area (Å²) < 4.78 is 5.01. The molecule has 2 atom stereocenters. The van der Waals surface area contributed by atoms with E-state index in [2.05, 4.69) is 5.32 Å². The summed E-state index contributed by atoms with van der Waals surface area (Å²) in [6.07, 6.45) is 0.419. The zero-order chi connectivity index (χ0) is 10.8. The monoisotopic (exact) mass is 199 g/mol. The fourth-order valence-corrected chi connectivity index (χ4v) is 2.16. The Morgan fingerprint density at radius 2 is 2.29 bits per heavy atom. The quantitative estimate of drug-likeness (QED) is 0.512. The maximum Gasteiger partial charge on any atom is 0.200 e. The molecule has 0 saturated carbocycles. The second-order valence-electron chi connectivity index (χ2n) is 4.43. The minimum atomic E-state index is -0.331. The van der Waals surface area contributed by atoms with Crippen molar-refractivity contribution in [2.24, 2.45) is 11.3 Å². The van der Waals surface area contributed by atoms with E-state index in [9.17, 15) is 9.59 Å². The highest BCUT2D eigenvalue weighted by Crippen LogP contribution is 2.34. The van der Waals surface area contributed by atoms with Gasteiger partial charge in [-0.1, -0.05) is 13.8 Å². The first-order chi connectivity index (χ1) is 6.53. The molecule has 0 amide bonds. The maximum absolute atomic E-state index is 11.5. The molecule has 1 fully saturated rings. The molecule has 1 heterocycles. The number of aldehydes is 1. The predicted octanol–water partition coefficient (Wildman–Crippen LogP) is 0.0150. The van der Waals surface area contributed by atoms with Crippen LogP contribution in [-0.2, 0) is 14.3 Å². The molecule has 1 aliphatic heterocycles. The lowest BCUT2D eigenvalue weighted by molar-refractivity contribution is -0.135. The van der Waals surface area contributed by atoms with Gasteiger partial charge in [0.1, 0.15) is 0 Å². The molecule has 4 nitrogen and oxygen atoms in total. The molecule has 0 bridgehead atoms. The van der Waals surface area contributed by atoms with Gasteiger partial charge in [0.25, 0.3) is 0 Å². The zero-order valence-electron chi connectivity index (χ0n) is 8.87. The van der Waals surface area contributed by atoms with Gasteiger partial charge in [0.05, 0.1) is 6.61 Å². The van der Waals surface area contributed by atoms with Gasteiger partial charge in [-0.2, -0.15) is 0 Å². The lowest BCUT2D eigenvalue weighted by Gasteiger charge is -2.25. The van der Waals surface area contributed by atoms with Gasteiger partial charge in [-0.25, -0.2) is 0 Å². The van der Waals surface area contributed by atoms with Crippen LogP contribution in [0, 0.1) is 11.3 Å². The van der Waals surface area contributed by atoms with Crippen LogP contribution in [0.2, 0.25) is 0 Å². The third-order valence-electron chi connectivity index (χ3n) is 2.83. The molecule has 80 valence electrons. The Hall–Kier alpha value is -0.740. The van der Waals surface area contributed by atoms with Crippen LogP contribution in [0.3, 0.4) is 0 Å². The average Bonchev–Trinajstić information content (AvgIpc) is 2.41. The second-order valence-corrected chi connectivity index (χ2v) is 4.43. The Morgan fingerprint density at radius 1 is 1.64 bits per heavy atom. The van der Waals surface area contributed by atoms with Crippen molar-refractivity contribution in [1.29, 1.82) is 0 Å². The van der Waals surface area contributed by atoms with Crippen LogP contribution in [0.4, 0.5) is 0 Å². The number of rotatable bonds is 4. The van der Waals surface area contributed by atoms with Crippen LogP contribution < -0.4 is 5.32 Å². The first kappa shape index (κ1) is 11.3. The lowest BCUT2D eigenvalue weighted by atomic mass is 9.76. The summed E-state index contributed by atoms with van der Waals surface area (Å²) in [7, 11) is 1.59. The summed E-state index contributed by atoms with van der Waals surface area (Å²) in [5.41, 5.74) is -0.165. The summed E-state index contributed by atoms with van der Waals surface area (Å²) in [4.78, 5) is 22.0. The van der Waals surface area contributed by atoms with Crippen molar-refractivity contribution in [2.75, 3.05) is 20.3 Å². The summed E-state index contributed by atoms with van der Waals surface area (Å²) in [6.45, 7) is 5.18. The van der Waals surface area contributed by atoms with Gasteiger partial charge in [-0.3, -0.25) is 9.59 Å². The maximum atomic E-state index is 11.5. The van der Waals surface area contributed by atoms with Gasteiger partial charge >= 0.3 is 0 Å². The number of ketones is 1. The third kappa shape index (κ3) is 2.01. The largest absolute Gasteiger partial charge is 0.383 e. The zero-order valence-corrected chi connectivity index (χ0v) is 8.87. The standard InChI is InChI=1S/C10H17NO3/c1-10(2)6-11-7(5-14-3)9(10)8(13)4-12/h4,7,9,11H,5-6H2,1-3H3. The Morgan fingerprint density at radius 3 is 2.79 bits per heavy atom. The van der Waals surface area contributed by atoms with Crippen LogP contribution >= 0.6 is 0 Å². The van der Waals surface area contributed by atoms with E-state index in [-0.39, 0.29) is 23.2 Å². The Labute approximate surface area is 84.0 Å². The molecule has 0 aromatic rings. The van der Waals surface area contributed by atoms with Crippen LogP contribution in [0.25, 0.3) is 0 Å². The molecule has 0 aliphatic carbocycles. The van der Waals surface area contributed by atoms with Crippen molar-refractivity contribution in [3.05, 3.63) is 0 Å². The van der Waals surface area contributed by atoms with Crippen LogP contribution in [0.1, 0.15) is 13.8 Å². The third-order valence-corrected chi connectivity index (χ3v) is 2.83. The number of Topliss-reactive ketones (excluding diaryl/α,β-unsaturated/α-hetero) is 1. The summed E-state index contributed by atoms with van der Waals surface area (Å²) in [6, 6.07) is -0.0345. The van der Waals surface area contributed by atoms with Crippen LogP contribution in [0.5, 0.6) is 0 Å². The van der Waals surface area contributed by atoms with Gasteiger partial charge in [-0.05, 0) is 5.41 Å². The van der Waals surface area contributed by atoms with Crippen molar-refractivity contribution >= 4 is 12.1 Å². The second kappa shape index (κ2) is 4.19. The predicted molar refractivity (Wildman–Crippen MR) is 52.0 cm³/mol. The molecule has 1 saturated heterocycles. The summed E-state index contributed by atoms with van der Waals surface area (Å²) in [5, 5.41) is 3.21. The number of hydrogen-bond acceptors (Lipinski definition) is 4. The first-order valence-corrected chi connectivity index (χ1v) is 4.74. The molecule has 0 aromatic carbocycles. The number of ether oxygens (including phenoxy) is 1. The van der Waals surface area contributed by atoms with E-state index in [1.54, 1.807) is 7.11 Å². The average molecular weight is 199 g/mol. The lowest BCUT2D eigenvalue weighted by Crippen LogP contribution is -2.39. The number of methoxy groups -OCH3 is 1. The normalized spacial score (nSPS) is 30.2. The SMILES string of the molecule is COCC1NCC(C)(C)C1C(=O)C=O. The number of hydrogen-bond donors (Lipinski definition) is 1. The van der Waals surface area contributed by atoms with Crippen molar-refractivity contribution < 1.29 is 14.3 Å². The molecule has 0 spiro atoms. The fraction of sp³-hybridized carbons (Fsp3) is 0.800. The molecule has 2 unspecified atom stereocenters. The van der Waals surface area contributed by atoms with Crippen molar-refractivity contribution in [1.82, 2.24) is 5.32 Å². The minimum absolute atomic E-state index is 0.0345. The van der Waals surface area contributed by atoms with Crippen molar-refractivity contribution in [3.63, 3.8) is 0 Å². The number of nitrogens with one attached hydrogen (secondary N) is 1. The molecule has 0 aromatic heterocycles. The molecule has 0 radical (unpaired) electrons. The molecular formula is C10H17NO3. The Bertz CT molecular complexity index is 238. The van der Waals surface area contributed by atoms with Gasteiger partial charge in [-0.15, -0.1) is 0 Å². The molecule has 1 aliphatic rings. The molecule has 1 N–H and O–H groups in total. The van der Waals surface area contributed by atoms with E-state index in [4.69, 9.17) is 4.74 Å². The fourth-order valence-electron chi connectivity index (χ4n) is 2.16. The van der Waals surface area contributed by atoms with Crippen molar-refractivity contribution in [2.45, 2.75) is 19.9 Å². The Kier molecular flexibility index (Phi) is 3.39. The first-order valence-electron chi connectivity index (χ1n) is 4.74.